The summed E-state index contributed by atoms with van der Waals surface area (Å²) in [5, 5.41) is 6.17. The number of hydrogen-bond acceptors (Lipinski definition) is 5. The molecule has 25 heavy (non-hydrogen) atoms. The van der Waals surface area contributed by atoms with Crippen molar-refractivity contribution in [3.05, 3.63) is 47.4 Å². The molecule has 1 amide bonds. The Labute approximate surface area is 149 Å². The van der Waals surface area contributed by atoms with E-state index in [4.69, 9.17) is 4.74 Å². The fraction of sp³-hybridized carbons (Fsp3) is 0.421. The number of para-hydroxylation sites is 1. The summed E-state index contributed by atoms with van der Waals surface area (Å²) in [6, 6.07) is 7.70. The summed E-state index contributed by atoms with van der Waals surface area (Å²) in [5.41, 5.74) is 3.34. The zero-order valence-electron chi connectivity index (χ0n) is 15.3. The van der Waals surface area contributed by atoms with E-state index in [0.29, 0.717) is 24.0 Å². The fourth-order valence-corrected chi connectivity index (χ4v) is 2.53. The van der Waals surface area contributed by atoms with Crippen molar-refractivity contribution in [2.24, 2.45) is 0 Å². The van der Waals surface area contributed by atoms with Crippen LogP contribution in [0.4, 0.5) is 11.5 Å². The van der Waals surface area contributed by atoms with Gasteiger partial charge in [-0.1, -0.05) is 32.0 Å². The molecule has 6 nitrogen and oxygen atoms in total. The molecule has 2 aromatic rings. The van der Waals surface area contributed by atoms with Crippen molar-refractivity contribution in [1.29, 1.82) is 0 Å². The lowest BCUT2D eigenvalue weighted by Gasteiger charge is -2.16. The van der Waals surface area contributed by atoms with Gasteiger partial charge in [0.1, 0.15) is 17.8 Å². The first-order valence-electron chi connectivity index (χ1n) is 8.48. The number of hydrogen-bond donors (Lipinski definition) is 2. The van der Waals surface area contributed by atoms with Gasteiger partial charge in [-0.2, -0.15) is 0 Å². The molecule has 0 aliphatic heterocycles. The molecule has 0 unspecified atom stereocenters. The van der Waals surface area contributed by atoms with E-state index in [0.717, 1.165) is 29.8 Å². The molecule has 134 valence electrons. The lowest BCUT2D eigenvalue weighted by molar-refractivity contribution is 0.102. The Morgan fingerprint density at radius 3 is 2.80 bits per heavy atom. The van der Waals surface area contributed by atoms with Gasteiger partial charge in [-0.15, -0.1) is 0 Å². The van der Waals surface area contributed by atoms with Gasteiger partial charge in [-0.05, 0) is 30.4 Å². The minimum Gasteiger partial charge on any atom is -0.385 e. The molecular weight excluding hydrogens is 316 g/mol. The second kappa shape index (κ2) is 9.13. The van der Waals surface area contributed by atoms with Crippen LogP contribution in [-0.4, -0.2) is 36.1 Å². The first-order valence-corrected chi connectivity index (χ1v) is 8.48. The zero-order valence-corrected chi connectivity index (χ0v) is 15.3. The lowest BCUT2D eigenvalue weighted by Crippen LogP contribution is -2.17. The fourth-order valence-electron chi connectivity index (χ4n) is 2.53. The molecular formula is C19H26N4O2. The van der Waals surface area contributed by atoms with Gasteiger partial charge in [0, 0.05) is 32.0 Å². The van der Waals surface area contributed by atoms with Crippen molar-refractivity contribution in [1.82, 2.24) is 9.97 Å². The number of amides is 1. The number of rotatable bonds is 8. The third kappa shape index (κ3) is 5.26. The molecule has 0 fully saturated rings. The van der Waals surface area contributed by atoms with Crippen molar-refractivity contribution in [3.63, 3.8) is 0 Å². The topological polar surface area (TPSA) is 76.1 Å². The van der Waals surface area contributed by atoms with Gasteiger partial charge in [0.05, 0.1) is 0 Å². The van der Waals surface area contributed by atoms with Gasteiger partial charge in [0.2, 0.25) is 0 Å². The van der Waals surface area contributed by atoms with Crippen LogP contribution in [0.5, 0.6) is 0 Å². The summed E-state index contributed by atoms with van der Waals surface area (Å²) >= 11 is 0. The normalized spacial score (nSPS) is 10.8. The summed E-state index contributed by atoms with van der Waals surface area (Å²) in [6.45, 7) is 7.61. The molecule has 0 spiro atoms. The van der Waals surface area contributed by atoms with Crippen LogP contribution < -0.4 is 10.6 Å². The first kappa shape index (κ1) is 18.9. The number of aryl methyl sites for hydroxylation is 1. The van der Waals surface area contributed by atoms with E-state index in [1.165, 1.54) is 6.33 Å². The summed E-state index contributed by atoms with van der Waals surface area (Å²) in [6.07, 6.45) is 2.26. The maximum Gasteiger partial charge on any atom is 0.274 e. The van der Waals surface area contributed by atoms with Gasteiger partial charge < -0.3 is 15.4 Å². The number of aromatic nitrogens is 2. The monoisotopic (exact) mass is 342 g/mol. The molecule has 0 bridgehead atoms. The van der Waals surface area contributed by atoms with Gasteiger partial charge in [0.25, 0.3) is 5.91 Å². The molecule has 6 heteroatoms. The Bertz CT molecular complexity index is 716. The number of carbonyl (C=O) groups excluding carboxylic acids is 1. The van der Waals surface area contributed by atoms with Gasteiger partial charge in [-0.25, -0.2) is 9.97 Å². The molecule has 0 aliphatic carbocycles. The smallest absolute Gasteiger partial charge is 0.274 e. The number of methoxy groups -OCH3 is 1. The van der Waals surface area contributed by atoms with E-state index in [9.17, 15) is 4.79 Å². The third-order valence-corrected chi connectivity index (χ3v) is 3.90. The van der Waals surface area contributed by atoms with Crippen LogP contribution >= 0.6 is 0 Å². The van der Waals surface area contributed by atoms with Crippen LogP contribution in [0, 0.1) is 6.92 Å². The minimum atomic E-state index is -0.237. The van der Waals surface area contributed by atoms with Crippen LogP contribution in [0.2, 0.25) is 0 Å². The largest absolute Gasteiger partial charge is 0.385 e. The second-order valence-electron chi connectivity index (χ2n) is 6.21. The third-order valence-electron chi connectivity index (χ3n) is 3.90. The Balaban J connectivity index is 2.11. The van der Waals surface area contributed by atoms with E-state index < -0.39 is 0 Å². The molecule has 2 rings (SSSR count). The van der Waals surface area contributed by atoms with E-state index in [2.05, 4.69) is 34.4 Å². The predicted octanol–water partition coefficient (Wildman–Crippen LogP) is 3.61. The maximum atomic E-state index is 12.6. The van der Waals surface area contributed by atoms with Crippen molar-refractivity contribution >= 4 is 17.4 Å². The van der Waals surface area contributed by atoms with Crippen molar-refractivity contribution in [3.8, 4) is 0 Å². The number of ether oxygens (including phenoxy) is 1. The average Bonchev–Trinajstić information content (AvgIpc) is 2.60. The Kier molecular flexibility index (Phi) is 6.89. The van der Waals surface area contributed by atoms with E-state index in [1.54, 1.807) is 13.2 Å². The lowest BCUT2D eigenvalue weighted by atomic mass is 9.98. The molecule has 1 aromatic carbocycles. The van der Waals surface area contributed by atoms with Crippen molar-refractivity contribution < 1.29 is 9.53 Å². The predicted molar refractivity (Wildman–Crippen MR) is 100 cm³/mol. The number of benzene rings is 1. The van der Waals surface area contributed by atoms with Crippen molar-refractivity contribution in [2.45, 2.75) is 33.1 Å². The van der Waals surface area contributed by atoms with E-state index >= 15 is 0 Å². The summed E-state index contributed by atoms with van der Waals surface area (Å²) in [4.78, 5) is 20.9. The van der Waals surface area contributed by atoms with Crippen LogP contribution in [-0.2, 0) is 4.74 Å². The highest BCUT2D eigenvalue weighted by molar-refractivity contribution is 6.04. The van der Waals surface area contributed by atoms with Crippen LogP contribution in [0.25, 0.3) is 0 Å². The number of nitrogens with zero attached hydrogens (tertiary/aromatic N) is 2. The van der Waals surface area contributed by atoms with Gasteiger partial charge >= 0.3 is 0 Å². The molecule has 1 aromatic heterocycles. The maximum absolute atomic E-state index is 12.6. The molecule has 1 heterocycles. The van der Waals surface area contributed by atoms with Crippen LogP contribution in [0.15, 0.2) is 30.6 Å². The SMILES string of the molecule is COCCCNc1cc(C(=O)Nc2c(C)cccc2C(C)C)ncn1. The summed E-state index contributed by atoms with van der Waals surface area (Å²) in [7, 11) is 1.67. The van der Waals surface area contributed by atoms with Crippen molar-refractivity contribution in [2.75, 3.05) is 30.9 Å². The Morgan fingerprint density at radius 2 is 2.08 bits per heavy atom. The van der Waals surface area contributed by atoms with Crippen LogP contribution in [0.1, 0.15) is 47.8 Å². The second-order valence-corrected chi connectivity index (χ2v) is 6.21. The standard InChI is InChI=1S/C19H26N4O2/c1-13(2)15-8-5-7-14(3)18(15)23-19(24)16-11-17(22-12-21-16)20-9-6-10-25-4/h5,7-8,11-13H,6,9-10H2,1-4H3,(H,23,24)(H,20,21,22). The highest BCUT2D eigenvalue weighted by Gasteiger charge is 2.14. The first-order chi connectivity index (χ1) is 12.0. The zero-order chi connectivity index (χ0) is 18.2. The highest BCUT2D eigenvalue weighted by atomic mass is 16.5. The Morgan fingerprint density at radius 1 is 1.28 bits per heavy atom. The molecule has 2 N–H and O–H groups in total. The molecule has 0 saturated heterocycles. The number of carbonyl (C=O) groups is 1. The molecule has 0 radical (unpaired) electrons. The Hall–Kier alpha value is -2.47. The van der Waals surface area contributed by atoms with E-state index in [-0.39, 0.29) is 5.91 Å². The molecule has 0 saturated carbocycles. The number of nitrogens with one attached hydrogen (secondary N) is 2. The average molecular weight is 342 g/mol. The molecule has 0 aliphatic rings. The minimum absolute atomic E-state index is 0.237. The van der Waals surface area contributed by atoms with E-state index in [1.807, 2.05) is 25.1 Å². The van der Waals surface area contributed by atoms with Crippen LogP contribution in [0.3, 0.4) is 0 Å². The summed E-state index contributed by atoms with van der Waals surface area (Å²) < 4.78 is 5.01. The van der Waals surface area contributed by atoms with Gasteiger partial charge in [-0.3, -0.25) is 4.79 Å². The molecule has 0 atom stereocenters. The highest BCUT2D eigenvalue weighted by Crippen LogP contribution is 2.27. The summed E-state index contributed by atoms with van der Waals surface area (Å²) in [5.74, 6) is 0.710. The number of anilines is 2. The van der Waals surface area contributed by atoms with Gasteiger partial charge in [0.15, 0.2) is 0 Å². The quantitative estimate of drug-likeness (QED) is 0.717.